The Hall–Kier alpha value is -0.980. The number of halogens is 5. The molecule has 1 rings (SSSR count). The summed E-state index contributed by atoms with van der Waals surface area (Å²) in [4.78, 5) is 8.70. The molecule has 0 aliphatic rings. The third-order valence-electron chi connectivity index (χ3n) is 1.54. The summed E-state index contributed by atoms with van der Waals surface area (Å²) >= 11 is 11.7. The Bertz CT molecular complexity index is 391. The fourth-order valence-corrected chi connectivity index (χ4v) is 1.34. The minimum absolute atomic E-state index is 0.0349. The quantitative estimate of drug-likeness (QED) is 0.868. The van der Waals surface area contributed by atoms with E-state index in [0.29, 0.717) is 22.4 Å². The molecule has 19 heavy (non-hydrogen) atoms. The average Bonchev–Trinajstić information content (AvgIpc) is 2.28. The molecule has 108 valence electrons. The predicted octanol–water partition coefficient (Wildman–Crippen LogP) is 3.47. The van der Waals surface area contributed by atoms with Gasteiger partial charge in [0.15, 0.2) is 5.75 Å². The van der Waals surface area contributed by atoms with Crippen molar-refractivity contribution in [3.05, 3.63) is 28.2 Å². The second-order valence-electron chi connectivity index (χ2n) is 3.50. The molecule has 8 heteroatoms. The molecule has 0 saturated carbocycles. The number of rotatable bonds is 3. The van der Waals surface area contributed by atoms with E-state index in [-0.39, 0.29) is 6.04 Å². The number of nitrogens with two attached hydrogens (primary N) is 1. The molecule has 2 N–H and O–H groups in total. The minimum Gasteiger partial charge on any atom is -0.489 e. The summed E-state index contributed by atoms with van der Waals surface area (Å²) in [5.74, 6) is 0.503. The number of hydrogen-bond acceptors (Lipinski definition) is 3. The number of hydrogen-bond donors (Lipinski definition) is 1. The van der Waals surface area contributed by atoms with Gasteiger partial charge in [-0.25, -0.2) is 0 Å². The van der Waals surface area contributed by atoms with E-state index >= 15 is 0 Å². The summed E-state index contributed by atoms with van der Waals surface area (Å²) in [6.45, 7) is 2.26. The van der Waals surface area contributed by atoms with E-state index in [0.717, 1.165) is 0 Å². The molecular weight excluding hydrogens is 306 g/mol. The van der Waals surface area contributed by atoms with Crippen LogP contribution in [0.4, 0.5) is 13.2 Å². The van der Waals surface area contributed by atoms with Crippen LogP contribution < -0.4 is 10.5 Å². The summed E-state index contributed by atoms with van der Waals surface area (Å²) in [6.07, 6.45) is -5.70. The van der Waals surface area contributed by atoms with Crippen LogP contribution in [-0.4, -0.2) is 25.1 Å². The van der Waals surface area contributed by atoms with Gasteiger partial charge in [0.05, 0.1) is 10.0 Å². The summed E-state index contributed by atoms with van der Waals surface area (Å²) < 4.78 is 36.6. The maximum absolute atomic E-state index is 10.4. The van der Waals surface area contributed by atoms with E-state index in [1.807, 2.05) is 6.92 Å². The van der Waals surface area contributed by atoms with Gasteiger partial charge in [0.25, 0.3) is 0 Å². The molecule has 0 saturated heterocycles. The number of aldehydes is 1. The molecule has 0 amide bonds. The molecule has 0 aliphatic carbocycles. The van der Waals surface area contributed by atoms with Gasteiger partial charge >= 0.3 is 6.18 Å². The zero-order valence-corrected chi connectivity index (χ0v) is 11.4. The van der Waals surface area contributed by atoms with Gasteiger partial charge < -0.3 is 10.5 Å². The molecule has 0 bridgehead atoms. The highest BCUT2D eigenvalue weighted by Crippen LogP contribution is 2.32. The highest BCUT2D eigenvalue weighted by atomic mass is 35.5. The first kappa shape index (κ1) is 18.0. The van der Waals surface area contributed by atoms with Crippen LogP contribution >= 0.6 is 23.2 Å². The van der Waals surface area contributed by atoms with Gasteiger partial charge in [-0.2, -0.15) is 13.2 Å². The number of carbonyl (C=O) groups excluding carboxylic acids is 1. The lowest BCUT2D eigenvalue weighted by atomic mass is 10.3. The number of para-hydroxylation sites is 1. The van der Waals surface area contributed by atoms with Crippen molar-refractivity contribution in [2.75, 3.05) is 6.61 Å². The SMILES string of the molecule is C[C@@H](N)COc1c(Cl)cccc1Cl.O=CC(F)(F)F. The molecular formula is C11H12Cl2F3NO2. The second kappa shape index (κ2) is 8.24. The first-order chi connectivity index (χ1) is 8.67. The van der Waals surface area contributed by atoms with Crippen molar-refractivity contribution < 1.29 is 22.7 Å². The molecule has 3 nitrogen and oxygen atoms in total. The number of benzene rings is 1. The maximum Gasteiger partial charge on any atom is 0.446 e. The molecule has 0 radical (unpaired) electrons. The van der Waals surface area contributed by atoms with Crippen molar-refractivity contribution >= 4 is 29.5 Å². The van der Waals surface area contributed by atoms with Gasteiger partial charge in [0.2, 0.25) is 6.29 Å². The third-order valence-corrected chi connectivity index (χ3v) is 2.14. The van der Waals surface area contributed by atoms with Gasteiger partial charge in [-0.15, -0.1) is 0 Å². The van der Waals surface area contributed by atoms with E-state index in [9.17, 15) is 13.2 Å². The Morgan fingerprint density at radius 1 is 1.37 bits per heavy atom. The molecule has 1 aromatic rings. The van der Waals surface area contributed by atoms with Crippen molar-refractivity contribution in [2.45, 2.75) is 19.1 Å². The zero-order valence-electron chi connectivity index (χ0n) is 9.88. The zero-order chi connectivity index (χ0) is 15.1. The number of alkyl halides is 3. The van der Waals surface area contributed by atoms with Gasteiger partial charge in [-0.1, -0.05) is 29.3 Å². The molecule has 0 heterocycles. The summed E-state index contributed by atoms with van der Waals surface area (Å²) in [5.41, 5.74) is 5.53. The van der Waals surface area contributed by atoms with Gasteiger partial charge in [0, 0.05) is 6.04 Å². The molecule has 0 aromatic heterocycles. The van der Waals surface area contributed by atoms with Crippen LogP contribution in [0, 0.1) is 0 Å². The normalized spacial score (nSPS) is 12.2. The van der Waals surface area contributed by atoms with Crippen LogP contribution in [0.3, 0.4) is 0 Å². The van der Waals surface area contributed by atoms with Gasteiger partial charge in [-0.3, -0.25) is 4.79 Å². The third kappa shape index (κ3) is 8.69. The lowest BCUT2D eigenvalue weighted by Crippen LogP contribution is -2.23. The van der Waals surface area contributed by atoms with Crippen molar-refractivity contribution in [3.8, 4) is 5.75 Å². The number of carbonyl (C=O) groups is 1. The van der Waals surface area contributed by atoms with E-state index in [4.69, 9.17) is 38.5 Å². The molecule has 0 fully saturated rings. The Morgan fingerprint density at radius 2 is 1.79 bits per heavy atom. The molecule has 1 aromatic carbocycles. The largest absolute Gasteiger partial charge is 0.489 e. The van der Waals surface area contributed by atoms with E-state index < -0.39 is 12.5 Å². The molecule has 0 aliphatic heterocycles. The standard InChI is InChI=1S/C9H11Cl2NO.C2HF3O/c1-6(12)5-13-9-7(10)3-2-4-8(9)11;3-2(4,5)1-6/h2-4,6H,5,12H2,1H3;1H/t6-;/m1./s1. The summed E-state index contributed by atoms with van der Waals surface area (Å²) in [7, 11) is 0. The Balaban J connectivity index is 0.000000459. The first-order valence-corrected chi connectivity index (χ1v) is 5.78. The van der Waals surface area contributed by atoms with E-state index in [2.05, 4.69) is 0 Å². The molecule has 0 spiro atoms. The summed E-state index contributed by atoms with van der Waals surface area (Å²) in [5, 5.41) is 1.02. The predicted molar refractivity (Wildman–Crippen MR) is 67.7 cm³/mol. The Kier molecular flexibility index (Phi) is 7.82. The van der Waals surface area contributed by atoms with Crippen LogP contribution in [0.5, 0.6) is 5.75 Å². The van der Waals surface area contributed by atoms with Crippen LogP contribution in [0.2, 0.25) is 10.0 Å². The van der Waals surface area contributed by atoms with Crippen molar-refractivity contribution in [1.82, 2.24) is 0 Å². The number of ether oxygens (including phenoxy) is 1. The lowest BCUT2D eigenvalue weighted by molar-refractivity contribution is -0.156. The van der Waals surface area contributed by atoms with Gasteiger partial charge in [0.1, 0.15) is 6.61 Å². The Morgan fingerprint density at radius 3 is 2.11 bits per heavy atom. The van der Waals surface area contributed by atoms with Crippen LogP contribution in [0.15, 0.2) is 18.2 Å². The smallest absolute Gasteiger partial charge is 0.446 e. The maximum atomic E-state index is 10.4. The Labute approximate surface area is 118 Å². The van der Waals surface area contributed by atoms with Crippen LogP contribution in [-0.2, 0) is 4.79 Å². The van der Waals surface area contributed by atoms with E-state index in [1.54, 1.807) is 18.2 Å². The molecule has 1 atom stereocenters. The molecule has 0 unspecified atom stereocenters. The van der Waals surface area contributed by atoms with Crippen LogP contribution in [0.1, 0.15) is 6.92 Å². The fraction of sp³-hybridized carbons (Fsp3) is 0.364. The van der Waals surface area contributed by atoms with Gasteiger partial charge in [-0.05, 0) is 19.1 Å². The average molecular weight is 318 g/mol. The first-order valence-electron chi connectivity index (χ1n) is 5.03. The highest BCUT2D eigenvalue weighted by molar-refractivity contribution is 6.37. The highest BCUT2D eigenvalue weighted by Gasteiger charge is 2.24. The van der Waals surface area contributed by atoms with E-state index in [1.165, 1.54) is 0 Å². The lowest BCUT2D eigenvalue weighted by Gasteiger charge is -2.11. The monoisotopic (exact) mass is 317 g/mol. The van der Waals surface area contributed by atoms with Crippen molar-refractivity contribution in [3.63, 3.8) is 0 Å². The fourth-order valence-electron chi connectivity index (χ4n) is 0.835. The van der Waals surface area contributed by atoms with Crippen molar-refractivity contribution in [1.29, 1.82) is 0 Å². The van der Waals surface area contributed by atoms with Crippen LogP contribution in [0.25, 0.3) is 0 Å². The topological polar surface area (TPSA) is 52.3 Å². The minimum atomic E-state index is -4.64. The summed E-state index contributed by atoms with van der Waals surface area (Å²) in [6, 6.07) is 5.18. The van der Waals surface area contributed by atoms with Crippen molar-refractivity contribution in [2.24, 2.45) is 5.73 Å². The second-order valence-corrected chi connectivity index (χ2v) is 4.31.